The molecule has 12 heteroatoms. The molecule has 1 aromatic heterocycles. The summed E-state index contributed by atoms with van der Waals surface area (Å²) in [6, 6.07) is 16.1. The second kappa shape index (κ2) is 12.5. The van der Waals surface area contributed by atoms with E-state index in [0.29, 0.717) is 47.5 Å². The van der Waals surface area contributed by atoms with Gasteiger partial charge in [-0.2, -0.15) is 0 Å². The third-order valence-corrected chi connectivity index (χ3v) is 8.40. The molecule has 5 rings (SSSR count). The number of rotatable bonds is 8. The quantitative estimate of drug-likeness (QED) is 0.135. The Hall–Kier alpha value is -4.25. The summed E-state index contributed by atoms with van der Waals surface area (Å²) in [4.78, 5) is 43.2. The minimum absolute atomic E-state index is 0.115. The lowest BCUT2D eigenvalue weighted by atomic mass is 9.94. The fourth-order valence-corrected chi connectivity index (χ4v) is 6.26. The number of thiazole rings is 1. The number of nitrogens with zero attached hydrogens (tertiary/aromatic N) is 3. The molecular weight excluding hydrogens is 613 g/mol. The average Bonchev–Trinajstić information content (AvgIpc) is 3.26. The number of allylic oxidation sites excluding steroid dienone is 1. The van der Waals surface area contributed by atoms with Gasteiger partial charge in [-0.05, 0) is 62.2 Å². The van der Waals surface area contributed by atoms with Gasteiger partial charge in [0.2, 0.25) is 0 Å². The first-order valence-corrected chi connectivity index (χ1v) is 14.8. The number of hydrogen-bond donors (Lipinski definition) is 0. The summed E-state index contributed by atoms with van der Waals surface area (Å²) in [5, 5.41) is 12.8. The number of nitro benzene ring substituents is 1. The van der Waals surface area contributed by atoms with E-state index < -0.39 is 22.5 Å². The highest BCUT2D eigenvalue weighted by atomic mass is 35.5. The van der Waals surface area contributed by atoms with Crippen LogP contribution in [0.4, 0.5) is 5.69 Å². The Morgan fingerprint density at radius 3 is 2.65 bits per heavy atom. The summed E-state index contributed by atoms with van der Waals surface area (Å²) in [5.74, 6) is -0.0743. The first-order chi connectivity index (χ1) is 20.6. The molecule has 0 unspecified atom stereocenters. The Balaban J connectivity index is 1.57. The number of aryl methyl sites for hydroxylation is 1. The van der Waals surface area contributed by atoms with E-state index in [1.165, 1.54) is 10.6 Å². The lowest BCUT2D eigenvalue weighted by Crippen LogP contribution is -2.40. The van der Waals surface area contributed by atoms with Crippen LogP contribution in [-0.4, -0.2) is 22.1 Å². The Morgan fingerprint density at radius 2 is 1.93 bits per heavy atom. The number of hydrogen-bond acceptors (Lipinski definition) is 8. The van der Waals surface area contributed by atoms with Gasteiger partial charge in [0.15, 0.2) is 4.80 Å². The standard InChI is InChI=1S/C31H25Cl2N3O6S/c1-4-41-30(38)27-18(3)34-31-35(28(27)20-9-8-17(2)25(14-20)36(39)40)29(37)26(43-31)13-19-6-5-7-23(12-19)42-16-21-10-11-22(32)15-24(21)33/h5-15,28H,4,16H2,1-3H3/b26-13+/t28-/m1/s1. The smallest absolute Gasteiger partial charge is 0.338 e. The Labute approximate surface area is 260 Å². The molecule has 9 nitrogen and oxygen atoms in total. The molecule has 0 radical (unpaired) electrons. The zero-order chi connectivity index (χ0) is 30.8. The van der Waals surface area contributed by atoms with Gasteiger partial charge < -0.3 is 9.47 Å². The maximum atomic E-state index is 13.9. The predicted octanol–water partition coefficient (Wildman–Crippen LogP) is 5.90. The van der Waals surface area contributed by atoms with Crippen LogP contribution in [-0.2, 0) is 16.1 Å². The zero-order valence-corrected chi connectivity index (χ0v) is 25.6. The molecule has 0 bridgehead atoms. The largest absolute Gasteiger partial charge is 0.489 e. The van der Waals surface area contributed by atoms with E-state index >= 15 is 0 Å². The molecule has 2 heterocycles. The maximum absolute atomic E-state index is 13.9. The number of fused-ring (bicyclic) bond motifs is 1. The number of benzene rings is 3. The fourth-order valence-electron chi connectivity index (χ4n) is 4.75. The van der Waals surface area contributed by atoms with Crippen molar-refractivity contribution in [3.8, 4) is 5.75 Å². The molecule has 0 amide bonds. The molecule has 0 aliphatic carbocycles. The van der Waals surface area contributed by atoms with Crippen LogP contribution >= 0.6 is 34.5 Å². The minimum Gasteiger partial charge on any atom is -0.489 e. The van der Waals surface area contributed by atoms with Crippen molar-refractivity contribution in [2.45, 2.75) is 33.4 Å². The van der Waals surface area contributed by atoms with Gasteiger partial charge in [0.1, 0.15) is 12.4 Å². The van der Waals surface area contributed by atoms with Crippen LogP contribution in [0.1, 0.15) is 42.1 Å². The first-order valence-electron chi connectivity index (χ1n) is 13.2. The topological polar surface area (TPSA) is 113 Å². The van der Waals surface area contributed by atoms with Crippen LogP contribution in [0.5, 0.6) is 5.75 Å². The summed E-state index contributed by atoms with van der Waals surface area (Å²) in [7, 11) is 0. The molecule has 0 saturated heterocycles. The SMILES string of the molecule is CCOC(=O)C1=C(C)N=c2s/c(=C/c3cccc(OCc4ccc(Cl)cc4Cl)c3)c(=O)n2[C@@H]1c1ccc(C)c([N+](=O)[O-])c1. The summed E-state index contributed by atoms with van der Waals surface area (Å²) in [5.41, 5.74) is 2.34. The second-order valence-electron chi connectivity index (χ2n) is 9.70. The molecule has 1 aliphatic rings. The van der Waals surface area contributed by atoms with Crippen molar-refractivity contribution in [3.05, 3.63) is 134 Å². The van der Waals surface area contributed by atoms with Crippen molar-refractivity contribution < 1.29 is 19.2 Å². The molecule has 1 atom stereocenters. The summed E-state index contributed by atoms with van der Waals surface area (Å²) >= 11 is 13.4. The van der Waals surface area contributed by atoms with Crippen LogP contribution in [0.2, 0.25) is 10.0 Å². The first kappa shape index (κ1) is 30.2. The highest BCUT2D eigenvalue weighted by molar-refractivity contribution is 7.07. The monoisotopic (exact) mass is 637 g/mol. The lowest BCUT2D eigenvalue weighted by molar-refractivity contribution is -0.385. The molecule has 0 fully saturated rings. The van der Waals surface area contributed by atoms with Gasteiger partial charge in [0, 0.05) is 27.2 Å². The third kappa shape index (κ3) is 6.27. The number of aromatic nitrogens is 1. The van der Waals surface area contributed by atoms with Crippen molar-refractivity contribution in [1.29, 1.82) is 0 Å². The number of esters is 1. The van der Waals surface area contributed by atoms with Gasteiger partial charge in [-0.1, -0.05) is 64.9 Å². The maximum Gasteiger partial charge on any atom is 0.338 e. The van der Waals surface area contributed by atoms with Crippen LogP contribution in [0.25, 0.3) is 6.08 Å². The Morgan fingerprint density at radius 1 is 1.14 bits per heavy atom. The number of carbonyl (C=O) groups excluding carboxylic acids is 1. The zero-order valence-electron chi connectivity index (χ0n) is 23.3. The lowest BCUT2D eigenvalue weighted by Gasteiger charge is -2.24. The van der Waals surface area contributed by atoms with Gasteiger partial charge in [-0.3, -0.25) is 19.5 Å². The van der Waals surface area contributed by atoms with E-state index in [4.69, 9.17) is 32.7 Å². The number of halogens is 2. The van der Waals surface area contributed by atoms with Crippen LogP contribution in [0, 0.1) is 17.0 Å². The van der Waals surface area contributed by atoms with Crippen molar-refractivity contribution in [2.24, 2.45) is 4.99 Å². The van der Waals surface area contributed by atoms with Crippen molar-refractivity contribution in [3.63, 3.8) is 0 Å². The van der Waals surface area contributed by atoms with Crippen molar-refractivity contribution in [1.82, 2.24) is 4.57 Å². The number of nitro groups is 1. The van der Waals surface area contributed by atoms with Gasteiger partial charge in [-0.15, -0.1) is 0 Å². The van der Waals surface area contributed by atoms with E-state index in [1.54, 1.807) is 75.4 Å². The highest BCUT2D eigenvalue weighted by Crippen LogP contribution is 2.33. The molecule has 3 aromatic carbocycles. The molecular formula is C31H25Cl2N3O6S. The average molecular weight is 639 g/mol. The molecule has 1 aliphatic heterocycles. The van der Waals surface area contributed by atoms with Crippen LogP contribution < -0.4 is 19.6 Å². The molecule has 0 N–H and O–H groups in total. The highest BCUT2D eigenvalue weighted by Gasteiger charge is 2.34. The van der Waals surface area contributed by atoms with Crippen molar-refractivity contribution >= 4 is 52.3 Å². The normalized spacial score (nSPS) is 14.7. The van der Waals surface area contributed by atoms with E-state index in [9.17, 15) is 19.7 Å². The molecule has 220 valence electrons. The van der Waals surface area contributed by atoms with Gasteiger partial charge in [0.25, 0.3) is 11.2 Å². The predicted molar refractivity (Wildman–Crippen MR) is 165 cm³/mol. The molecule has 0 saturated carbocycles. The third-order valence-electron chi connectivity index (χ3n) is 6.83. The van der Waals surface area contributed by atoms with E-state index in [0.717, 1.165) is 16.9 Å². The van der Waals surface area contributed by atoms with E-state index in [1.807, 2.05) is 6.07 Å². The second-order valence-corrected chi connectivity index (χ2v) is 11.6. The van der Waals surface area contributed by atoms with Gasteiger partial charge in [-0.25, -0.2) is 9.79 Å². The van der Waals surface area contributed by atoms with E-state index in [-0.39, 0.29) is 24.5 Å². The van der Waals surface area contributed by atoms with Gasteiger partial charge >= 0.3 is 5.97 Å². The summed E-state index contributed by atoms with van der Waals surface area (Å²) in [6.45, 7) is 5.30. The molecule has 0 spiro atoms. The summed E-state index contributed by atoms with van der Waals surface area (Å²) < 4.78 is 13.0. The molecule has 4 aromatic rings. The van der Waals surface area contributed by atoms with Crippen LogP contribution in [0.15, 0.2) is 81.7 Å². The van der Waals surface area contributed by atoms with E-state index in [2.05, 4.69) is 4.99 Å². The number of carbonyl (C=O) groups is 1. The summed E-state index contributed by atoms with van der Waals surface area (Å²) in [6.07, 6.45) is 1.71. The minimum atomic E-state index is -0.962. The molecule has 43 heavy (non-hydrogen) atoms. The Kier molecular flexibility index (Phi) is 8.82. The van der Waals surface area contributed by atoms with Gasteiger partial charge in [0.05, 0.1) is 33.4 Å². The van der Waals surface area contributed by atoms with Crippen LogP contribution in [0.3, 0.4) is 0 Å². The van der Waals surface area contributed by atoms with Crippen molar-refractivity contribution in [2.75, 3.05) is 6.61 Å². The fraction of sp³-hybridized carbons (Fsp3) is 0.194. The number of ether oxygens (including phenoxy) is 2. The Bertz CT molecular complexity index is 1980.